The molecule has 1 N–H and O–H groups in total. The third-order valence-corrected chi connectivity index (χ3v) is 7.74. The first kappa shape index (κ1) is 25.3. The van der Waals surface area contributed by atoms with Crippen molar-refractivity contribution >= 4 is 28.6 Å². The molecule has 0 saturated carbocycles. The minimum atomic E-state index is -0.926. The second kappa shape index (κ2) is 10.9. The average molecular weight is 505 g/mol. The number of aryl methyl sites for hydroxylation is 1. The van der Waals surface area contributed by atoms with Crippen molar-refractivity contribution in [2.45, 2.75) is 30.6 Å². The topological polar surface area (TPSA) is 62.7 Å². The molecule has 0 radical (unpaired) electrons. The predicted molar refractivity (Wildman–Crippen MR) is 129 cm³/mol. The van der Waals surface area contributed by atoms with E-state index in [4.69, 9.17) is 4.74 Å². The number of pyridine rings is 1. The Morgan fingerprint density at radius 3 is 2.69 bits per heavy atom. The summed E-state index contributed by atoms with van der Waals surface area (Å²) in [5.41, 5.74) is 0.240. The molecule has 35 heavy (non-hydrogen) atoms. The quantitative estimate of drug-likeness (QED) is 0.365. The molecular weight excluding hydrogens is 477 g/mol. The smallest absolute Gasteiger partial charge is 0.310 e. The Morgan fingerprint density at radius 2 is 1.97 bits per heavy atom. The minimum absolute atomic E-state index is 0.0144. The Labute approximate surface area is 206 Å². The zero-order valence-corrected chi connectivity index (χ0v) is 20.2. The van der Waals surface area contributed by atoms with Crippen LogP contribution in [-0.4, -0.2) is 53.5 Å². The summed E-state index contributed by atoms with van der Waals surface area (Å²) in [4.78, 5) is 18.4. The standard InChI is InChI=1S/C26H27F3N2O3S/c1-34-17-7-8-23-19(14-17)18(22(29)15-30-23)4-3-9-26(25(32)33)10-11-31(16-26)12-13-35-24-20(27)5-2-6-21(24)28/h2,5-8,14-15H,3-4,9-13,16H2,1H3,(H,32,33). The Hall–Kier alpha value is -2.78. The van der Waals surface area contributed by atoms with E-state index in [0.29, 0.717) is 73.3 Å². The number of carboxylic acids is 1. The highest BCUT2D eigenvalue weighted by Crippen LogP contribution is 2.37. The van der Waals surface area contributed by atoms with E-state index in [1.807, 2.05) is 4.90 Å². The lowest BCUT2D eigenvalue weighted by molar-refractivity contribution is -0.148. The van der Waals surface area contributed by atoms with Crippen LogP contribution in [0, 0.1) is 22.9 Å². The number of ether oxygens (including phenoxy) is 1. The summed E-state index contributed by atoms with van der Waals surface area (Å²) in [7, 11) is 1.54. The SMILES string of the molecule is COc1ccc2ncc(F)c(CCCC3(C(=O)O)CCN(CCSc4c(F)cccc4F)C3)c2c1. The number of hydrogen-bond donors (Lipinski definition) is 1. The number of methoxy groups -OCH3 is 1. The van der Waals surface area contributed by atoms with Crippen molar-refractivity contribution < 1.29 is 27.8 Å². The van der Waals surface area contributed by atoms with Crippen LogP contribution in [-0.2, 0) is 11.2 Å². The summed E-state index contributed by atoms with van der Waals surface area (Å²) >= 11 is 1.09. The fourth-order valence-electron chi connectivity index (χ4n) is 4.72. The molecule has 1 fully saturated rings. The summed E-state index contributed by atoms with van der Waals surface area (Å²) < 4.78 is 47.6. The number of nitrogens with zero attached hydrogens (tertiary/aromatic N) is 2. The average Bonchev–Trinajstić information content (AvgIpc) is 3.26. The summed E-state index contributed by atoms with van der Waals surface area (Å²) in [6, 6.07) is 9.07. The number of rotatable bonds is 10. The molecule has 4 rings (SSSR count). The van der Waals surface area contributed by atoms with Gasteiger partial charge in [-0.05, 0) is 68.1 Å². The van der Waals surface area contributed by atoms with E-state index in [-0.39, 0.29) is 4.90 Å². The molecule has 1 atom stereocenters. The molecule has 0 aliphatic carbocycles. The molecule has 1 aliphatic rings. The van der Waals surface area contributed by atoms with Gasteiger partial charge in [0.2, 0.25) is 0 Å². The molecule has 0 spiro atoms. The van der Waals surface area contributed by atoms with Gasteiger partial charge in [-0.3, -0.25) is 9.78 Å². The van der Waals surface area contributed by atoms with Crippen LogP contribution in [0.25, 0.3) is 10.9 Å². The van der Waals surface area contributed by atoms with Gasteiger partial charge in [-0.15, -0.1) is 11.8 Å². The van der Waals surface area contributed by atoms with Gasteiger partial charge in [-0.2, -0.15) is 0 Å². The molecule has 1 aliphatic heterocycles. The van der Waals surface area contributed by atoms with E-state index in [9.17, 15) is 23.1 Å². The number of fused-ring (bicyclic) bond motifs is 1. The second-order valence-electron chi connectivity index (χ2n) is 8.83. The van der Waals surface area contributed by atoms with Gasteiger partial charge in [0.25, 0.3) is 0 Å². The van der Waals surface area contributed by atoms with Crippen molar-refractivity contribution in [1.29, 1.82) is 0 Å². The third kappa shape index (κ3) is 5.56. The number of carboxylic acid groups (broad SMARTS) is 1. The minimum Gasteiger partial charge on any atom is -0.497 e. The Balaban J connectivity index is 1.38. The number of benzene rings is 2. The zero-order chi connectivity index (χ0) is 25.0. The molecule has 3 aromatic rings. The van der Waals surface area contributed by atoms with Gasteiger partial charge < -0.3 is 14.7 Å². The first-order chi connectivity index (χ1) is 16.8. The maximum absolute atomic E-state index is 14.6. The van der Waals surface area contributed by atoms with Crippen molar-refractivity contribution in [2.75, 3.05) is 32.5 Å². The van der Waals surface area contributed by atoms with Crippen LogP contribution in [0.4, 0.5) is 13.2 Å². The van der Waals surface area contributed by atoms with Crippen LogP contribution in [0.1, 0.15) is 24.8 Å². The van der Waals surface area contributed by atoms with Crippen LogP contribution in [0.2, 0.25) is 0 Å². The third-order valence-electron chi connectivity index (χ3n) is 6.68. The van der Waals surface area contributed by atoms with Gasteiger partial charge in [0.15, 0.2) is 0 Å². The predicted octanol–water partition coefficient (Wildman–Crippen LogP) is 5.55. The molecule has 2 aromatic carbocycles. The summed E-state index contributed by atoms with van der Waals surface area (Å²) in [5.74, 6) is -1.42. The van der Waals surface area contributed by atoms with Gasteiger partial charge in [-0.1, -0.05) is 6.07 Å². The van der Waals surface area contributed by atoms with Gasteiger partial charge in [0, 0.05) is 24.2 Å². The lowest BCUT2D eigenvalue weighted by atomic mass is 9.81. The fourth-order valence-corrected chi connectivity index (χ4v) is 5.68. The van der Waals surface area contributed by atoms with E-state index in [1.165, 1.54) is 24.4 Å². The van der Waals surface area contributed by atoms with E-state index in [0.717, 1.165) is 11.8 Å². The van der Waals surface area contributed by atoms with Gasteiger partial charge in [-0.25, -0.2) is 13.2 Å². The van der Waals surface area contributed by atoms with Crippen LogP contribution in [0.5, 0.6) is 5.75 Å². The molecule has 0 bridgehead atoms. The van der Waals surface area contributed by atoms with Crippen molar-refractivity contribution in [3.8, 4) is 5.75 Å². The van der Waals surface area contributed by atoms with E-state index in [2.05, 4.69) is 4.98 Å². The van der Waals surface area contributed by atoms with Crippen molar-refractivity contribution in [2.24, 2.45) is 5.41 Å². The number of halogens is 3. The zero-order valence-electron chi connectivity index (χ0n) is 19.4. The Bertz CT molecular complexity index is 1210. The Morgan fingerprint density at radius 1 is 1.20 bits per heavy atom. The molecular formula is C26H27F3N2O3S. The monoisotopic (exact) mass is 504 g/mol. The second-order valence-corrected chi connectivity index (χ2v) is 9.94. The number of carbonyl (C=O) groups is 1. The van der Waals surface area contributed by atoms with Crippen LogP contribution < -0.4 is 4.74 Å². The highest BCUT2D eigenvalue weighted by molar-refractivity contribution is 7.99. The van der Waals surface area contributed by atoms with Crippen LogP contribution >= 0.6 is 11.8 Å². The van der Waals surface area contributed by atoms with Crippen LogP contribution in [0.3, 0.4) is 0 Å². The summed E-state index contributed by atoms with van der Waals surface area (Å²) in [5, 5.41) is 10.7. The number of aromatic nitrogens is 1. The lowest BCUT2D eigenvalue weighted by Gasteiger charge is -2.25. The van der Waals surface area contributed by atoms with Crippen molar-refractivity contribution in [3.05, 3.63) is 65.6 Å². The fraction of sp³-hybridized carbons (Fsp3) is 0.385. The summed E-state index contributed by atoms with van der Waals surface area (Å²) in [6.45, 7) is 1.48. The Kier molecular flexibility index (Phi) is 7.86. The molecule has 9 heteroatoms. The lowest BCUT2D eigenvalue weighted by Crippen LogP contribution is -2.35. The van der Waals surface area contributed by atoms with Gasteiger partial charge in [0.05, 0.1) is 29.1 Å². The maximum Gasteiger partial charge on any atom is 0.310 e. The van der Waals surface area contributed by atoms with Crippen LogP contribution in [0.15, 0.2) is 47.5 Å². The number of likely N-dealkylation sites (tertiary alicyclic amines) is 1. The largest absolute Gasteiger partial charge is 0.497 e. The van der Waals surface area contributed by atoms with Crippen molar-refractivity contribution in [1.82, 2.24) is 9.88 Å². The van der Waals surface area contributed by atoms with E-state index >= 15 is 0 Å². The maximum atomic E-state index is 14.6. The highest BCUT2D eigenvalue weighted by Gasteiger charge is 2.44. The molecule has 1 saturated heterocycles. The molecule has 0 amide bonds. The normalized spacial score (nSPS) is 18.3. The van der Waals surface area contributed by atoms with Gasteiger partial charge >= 0.3 is 5.97 Å². The molecule has 1 unspecified atom stereocenters. The molecule has 5 nitrogen and oxygen atoms in total. The molecule has 186 valence electrons. The first-order valence-electron chi connectivity index (χ1n) is 11.5. The molecule has 2 heterocycles. The van der Waals surface area contributed by atoms with E-state index < -0.39 is 28.8 Å². The first-order valence-corrected chi connectivity index (χ1v) is 12.5. The molecule has 1 aromatic heterocycles. The van der Waals surface area contributed by atoms with Crippen molar-refractivity contribution in [3.63, 3.8) is 0 Å². The van der Waals surface area contributed by atoms with Gasteiger partial charge in [0.1, 0.15) is 23.2 Å². The number of thioether (sulfide) groups is 1. The highest BCUT2D eigenvalue weighted by atomic mass is 32.2. The number of aliphatic carboxylic acids is 1. The van der Waals surface area contributed by atoms with E-state index in [1.54, 1.807) is 25.3 Å². The summed E-state index contributed by atoms with van der Waals surface area (Å²) in [6.07, 6.45) is 2.97. The number of hydrogen-bond acceptors (Lipinski definition) is 5.